The minimum Gasteiger partial charge on any atom is -0.548 e. The van der Waals surface area contributed by atoms with Gasteiger partial charge in [-0.1, -0.05) is 36.1 Å². The molecule has 26 heavy (non-hydrogen) atoms. The normalized spacial score (nSPS) is 16.7. The van der Waals surface area contributed by atoms with Gasteiger partial charge in [-0.15, -0.1) is 0 Å². The number of carboxylic acid groups (broad SMARTS) is 1. The number of rotatable bonds is 6. The summed E-state index contributed by atoms with van der Waals surface area (Å²) in [5.41, 5.74) is 1.87. The van der Waals surface area contributed by atoms with E-state index in [4.69, 9.17) is 12.2 Å². The second kappa shape index (κ2) is 8.33. The van der Waals surface area contributed by atoms with Crippen molar-refractivity contribution >= 4 is 57.8 Å². The Bertz CT molecular complexity index is 775. The largest absolute Gasteiger partial charge is 0.548 e. The van der Waals surface area contributed by atoms with Crippen LogP contribution >= 0.6 is 24.0 Å². The Kier molecular flexibility index (Phi) is 6.38. The van der Waals surface area contributed by atoms with Gasteiger partial charge >= 0.3 is 0 Å². The summed E-state index contributed by atoms with van der Waals surface area (Å²) >= 11 is 6.27. The van der Waals surface area contributed by atoms with Gasteiger partial charge in [-0.25, -0.2) is 0 Å². The number of carbonyl (C=O) groups is 3. The van der Waals surface area contributed by atoms with Crippen LogP contribution in [-0.2, 0) is 14.4 Å². The zero-order valence-corrected chi connectivity index (χ0v) is 16.1. The number of hydrogen-bond donors (Lipinski definition) is 1. The molecule has 1 N–H and O–H groups in total. The van der Waals surface area contributed by atoms with Gasteiger partial charge in [-0.05, 0) is 30.7 Å². The SMILES string of the molecule is C[C@@H](NC(=O)CN1C(=O)/C(=C/c2ccc(N(C)C)cc2)SC1=S)C(=O)[O-]. The molecule has 0 saturated carbocycles. The quantitative estimate of drug-likeness (QED) is 0.546. The summed E-state index contributed by atoms with van der Waals surface area (Å²) in [6.45, 7) is 0.952. The molecule has 1 saturated heterocycles. The van der Waals surface area contributed by atoms with Crippen LogP contribution in [0.4, 0.5) is 5.69 Å². The molecule has 0 aromatic heterocycles. The number of thiocarbonyl (C=S) groups is 1. The first kappa shape index (κ1) is 19.9. The smallest absolute Gasteiger partial charge is 0.266 e. The predicted octanol–water partition coefficient (Wildman–Crippen LogP) is 0.208. The Labute approximate surface area is 161 Å². The lowest BCUT2D eigenvalue weighted by Crippen LogP contribution is -2.49. The number of carbonyl (C=O) groups excluding carboxylic acids is 3. The first-order valence-corrected chi connectivity index (χ1v) is 8.94. The molecule has 0 unspecified atom stereocenters. The van der Waals surface area contributed by atoms with Crippen molar-refractivity contribution in [2.45, 2.75) is 13.0 Å². The second-order valence-electron chi connectivity index (χ2n) is 5.86. The zero-order chi connectivity index (χ0) is 19.4. The summed E-state index contributed by atoms with van der Waals surface area (Å²) in [4.78, 5) is 38.6. The average molecular weight is 392 g/mol. The Balaban J connectivity index is 2.08. The van der Waals surface area contributed by atoms with E-state index < -0.39 is 17.9 Å². The van der Waals surface area contributed by atoms with Crippen molar-refractivity contribution in [3.8, 4) is 0 Å². The van der Waals surface area contributed by atoms with Crippen LogP contribution in [0, 0.1) is 0 Å². The third-order valence-electron chi connectivity index (χ3n) is 3.61. The topological polar surface area (TPSA) is 92.8 Å². The molecule has 2 amide bonds. The van der Waals surface area contributed by atoms with Crippen LogP contribution in [0.1, 0.15) is 12.5 Å². The van der Waals surface area contributed by atoms with E-state index in [1.807, 2.05) is 43.3 Å². The van der Waals surface area contributed by atoms with Crippen LogP contribution < -0.4 is 15.3 Å². The number of amides is 2. The highest BCUT2D eigenvalue weighted by Gasteiger charge is 2.33. The summed E-state index contributed by atoms with van der Waals surface area (Å²) in [5, 5.41) is 12.9. The zero-order valence-electron chi connectivity index (χ0n) is 14.5. The van der Waals surface area contributed by atoms with Gasteiger partial charge in [0, 0.05) is 19.8 Å². The van der Waals surface area contributed by atoms with Gasteiger partial charge in [0.05, 0.1) is 16.9 Å². The standard InChI is InChI=1S/C17H19N3O4S2/c1-10(16(23)24)18-14(21)9-20-15(22)13(26-17(20)25)8-11-4-6-12(7-5-11)19(2)3/h4-8,10H,9H2,1-3H3,(H,18,21)(H,23,24)/p-1/b13-8-/t10-/m1/s1. The van der Waals surface area contributed by atoms with Crippen LogP contribution in [0.5, 0.6) is 0 Å². The monoisotopic (exact) mass is 392 g/mol. The van der Waals surface area contributed by atoms with E-state index in [1.165, 1.54) is 6.92 Å². The fraction of sp³-hybridized carbons (Fsp3) is 0.294. The first-order chi connectivity index (χ1) is 12.2. The molecule has 1 aliphatic heterocycles. The molecule has 1 aromatic carbocycles. The van der Waals surface area contributed by atoms with E-state index in [0.717, 1.165) is 27.9 Å². The van der Waals surface area contributed by atoms with Crippen LogP contribution in [0.15, 0.2) is 29.2 Å². The number of nitrogens with zero attached hydrogens (tertiary/aromatic N) is 2. The molecule has 138 valence electrons. The van der Waals surface area contributed by atoms with Crippen LogP contribution in [0.25, 0.3) is 6.08 Å². The Hall–Kier alpha value is -2.39. The van der Waals surface area contributed by atoms with Crippen molar-refractivity contribution in [1.29, 1.82) is 0 Å². The molecule has 9 heteroatoms. The van der Waals surface area contributed by atoms with Crippen LogP contribution in [0.2, 0.25) is 0 Å². The van der Waals surface area contributed by atoms with Crippen LogP contribution in [0.3, 0.4) is 0 Å². The molecule has 1 fully saturated rings. The summed E-state index contributed by atoms with van der Waals surface area (Å²) in [6.07, 6.45) is 1.71. The summed E-state index contributed by atoms with van der Waals surface area (Å²) in [7, 11) is 3.87. The van der Waals surface area contributed by atoms with Gasteiger partial charge < -0.3 is 20.1 Å². The lowest BCUT2D eigenvalue weighted by atomic mass is 10.2. The Morgan fingerprint density at radius 3 is 2.50 bits per heavy atom. The van der Waals surface area contributed by atoms with E-state index in [0.29, 0.717) is 4.91 Å². The Morgan fingerprint density at radius 2 is 1.96 bits per heavy atom. The van der Waals surface area contributed by atoms with Crippen molar-refractivity contribution in [2.24, 2.45) is 0 Å². The van der Waals surface area contributed by atoms with E-state index in [9.17, 15) is 19.5 Å². The first-order valence-electron chi connectivity index (χ1n) is 7.72. The third-order valence-corrected chi connectivity index (χ3v) is 4.99. The summed E-state index contributed by atoms with van der Waals surface area (Å²) in [6, 6.07) is 6.49. The summed E-state index contributed by atoms with van der Waals surface area (Å²) in [5.74, 6) is -2.40. The fourth-order valence-corrected chi connectivity index (χ4v) is 3.40. The number of anilines is 1. The maximum Gasteiger partial charge on any atom is 0.266 e. The van der Waals surface area contributed by atoms with Gasteiger partial charge in [0.25, 0.3) is 5.91 Å². The maximum atomic E-state index is 12.5. The molecule has 0 aliphatic carbocycles. The number of aliphatic carboxylic acids is 1. The van der Waals surface area contributed by atoms with Crippen molar-refractivity contribution in [2.75, 3.05) is 25.5 Å². The molecule has 1 atom stereocenters. The second-order valence-corrected chi connectivity index (χ2v) is 7.54. The lowest BCUT2D eigenvalue weighted by Gasteiger charge is -2.18. The van der Waals surface area contributed by atoms with E-state index >= 15 is 0 Å². The molecule has 1 heterocycles. The third kappa shape index (κ3) is 4.83. The Morgan fingerprint density at radius 1 is 1.35 bits per heavy atom. The number of nitrogens with one attached hydrogen (secondary N) is 1. The molecular weight excluding hydrogens is 374 g/mol. The van der Waals surface area contributed by atoms with E-state index in [1.54, 1.807) is 6.08 Å². The molecule has 2 rings (SSSR count). The predicted molar refractivity (Wildman–Crippen MR) is 103 cm³/mol. The van der Waals surface area contributed by atoms with Crippen molar-refractivity contribution in [1.82, 2.24) is 10.2 Å². The molecule has 0 spiro atoms. The van der Waals surface area contributed by atoms with Crippen molar-refractivity contribution < 1.29 is 19.5 Å². The lowest BCUT2D eigenvalue weighted by molar-refractivity contribution is -0.307. The minimum absolute atomic E-state index is 0.252. The highest BCUT2D eigenvalue weighted by Crippen LogP contribution is 2.32. The fourth-order valence-electron chi connectivity index (χ4n) is 2.15. The minimum atomic E-state index is -1.40. The van der Waals surface area contributed by atoms with Gasteiger partial charge in [0.15, 0.2) is 0 Å². The molecule has 7 nitrogen and oxygen atoms in total. The van der Waals surface area contributed by atoms with Crippen molar-refractivity contribution in [3.63, 3.8) is 0 Å². The maximum absolute atomic E-state index is 12.5. The van der Waals surface area contributed by atoms with E-state index in [-0.39, 0.29) is 16.8 Å². The number of thioether (sulfide) groups is 1. The van der Waals surface area contributed by atoms with Crippen LogP contribution in [-0.4, -0.2) is 53.7 Å². The number of carboxylic acids is 1. The highest BCUT2D eigenvalue weighted by atomic mass is 32.2. The number of hydrogen-bond acceptors (Lipinski definition) is 7. The highest BCUT2D eigenvalue weighted by molar-refractivity contribution is 8.26. The molecule has 0 bridgehead atoms. The molecular formula is C17H18N3O4S2-. The van der Waals surface area contributed by atoms with Gasteiger partial charge in [0.2, 0.25) is 5.91 Å². The van der Waals surface area contributed by atoms with Gasteiger partial charge in [0.1, 0.15) is 10.9 Å². The molecule has 1 aromatic rings. The molecule has 0 radical (unpaired) electrons. The van der Waals surface area contributed by atoms with Gasteiger partial charge in [-0.3, -0.25) is 14.5 Å². The van der Waals surface area contributed by atoms with E-state index in [2.05, 4.69) is 5.32 Å². The number of benzene rings is 1. The van der Waals surface area contributed by atoms with Crippen molar-refractivity contribution in [3.05, 3.63) is 34.7 Å². The average Bonchev–Trinajstić information content (AvgIpc) is 2.82. The summed E-state index contributed by atoms with van der Waals surface area (Å²) < 4.78 is 0.252. The van der Waals surface area contributed by atoms with Gasteiger partial charge in [-0.2, -0.15) is 0 Å². The molecule has 1 aliphatic rings.